The molecule has 1 aliphatic heterocycles. The van der Waals surface area contributed by atoms with Gasteiger partial charge in [-0.3, -0.25) is 4.79 Å². The third-order valence-corrected chi connectivity index (χ3v) is 5.24. The molecule has 1 saturated carbocycles. The van der Waals surface area contributed by atoms with Crippen molar-refractivity contribution in [1.29, 1.82) is 0 Å². The molecule has 5 unspecified atom stereocenters. The summed E-state index contributed by atoms with van der Waals surface area (Å²) in [7, 11) is 0. The van der Waals surface area contributed by atoms with E-state index >= 15 is 0 Å². The van der Waals surface area contributed by atoms with Gasteiger partial charge in [0.25, 0.3) is 0 Å². The molecule has 98 valence electrons. The number of esters is 1. The minimum Gasteiger partial charge on any atom is -0.508 e. The summed E-state index contributed by atoms with van der Waals surface area (Å²) < 4.78 is 5.61. The van der Waals surface area contributed by atoms with Gasteiger partial charge in [-0.05, 0) is 36.8 Å². The molecular formula is C15H20O3. The molecule has 0 aromatic heterocycles. The van der Waals surface area contributed by atoms with E-state index in [4.69, 9.17) is 4.74 Å². The van der Waals surface area contributed by atoms with Crippen molar-refractivity contribution in [3.8, 4) is 0 Å². The lowest BCUT2D eigenvalue weighted by Gasteiger charge is -2.47. The number of rotatable bonds is 0. The second-order valence-corrected chi connectivity index (χ2v) is 6.28. The van der Waals surface area contributed by atoms with E-state index in [2.05, 4.69) is 13.0 Å². The largest absolute Gasteiger partial charge is 0.508 e. The highest BCUT2D eigenvalue weighted by Gasteiger charge is 2.55. The van der Waals surface area contributed by atoms with Gasteiger partial charge >= 0.3 is 5.97 Å². The Hall–Kier alpha value is -1.25. The molecular weight excluding hydrogens is 228 g/mol. The van der Waals surface area contributed by atoms with Gasteiger partial charge in [0.2, 0.25) is 0 Å². The lowest BCUT2D eigenvalue weighted by Crippen LogP contribution is -2.45. The van der Waals surface area contributed by atoms with Crippen LogP contribution in [0.3, 0.4) is 0 Å². The maximum atomic E-state index is 11.8. The molecule has 1 N–H and O–H groups in total. The first-order valence-corrected chi connectivity index (χ1v) is 6.73. The van der Waals surface area contributed by atoms with Crippen molar-refractivity contribution in [3.63, 3.8) is 0 Å². The zero-order chi connectivity index (χ0) is 13.1. The molecule has 3 heteroatoms. The van der Waals surface area contributed by atoms with E-state index in [1.807, 2.05) is 13.8 Å². The zero-order valence-corrected chi connectivity index (χ0v) is 11.1. The molecule has 18 heavy (non-hydrogen) atoms. The van der Waals surface area contributed by atoms with Crippen LogP contribution in [0.25, 0.3) is 0 Å². The molecule has 2 aliphatic carbocycles. The van der Waals surface area contributed by atoms with Crippen LogP contribution in [0, 0.1) is 23.2 Å². The van der Waals surface area contributed by atoms with Gasteiger partial charge in [-0.2, -0.15) is 0 Å². The highest BCUT2D eigenvalue weighted by Crippen LogP contribution is 2.55. The Balaban J connectivity index is 2.03. The molecule has 2 fully saturated rings. The lowest BCUT2D eigenvalue weighted by molar-refractivity contribution is -0.146. The molecule has 3 aliphatic rings. The van der Waals surface area contributed by atoms with Crippen LogP contribution in [-0.2, 0) is 9.53 Å². The van der Waals surface area contributed by atoms with Crippen molar-refractivity contribution in [2.45, 2.75) is 39.7 Å². The lowest BCUT2D eigenvalue weighted by atomic mass is 9.58. The maximum absolute atomic E-state index is 11.8. The second-order valence-electron chi connectivity index (χ2n) is 6.28. The Bertz CT molecular complexity index is 462. The fourth-order valence-electron chi connectivity index (χ4n) is 4.01. The number of carbonyl (C=O) groups excluding carboxylic acids is 1. The Kier molecular flexibility index (Phi) is 2.38. The number of carbonyl (C=O) groups is 1. The van der Waals surface area contributed by atoms with Crippen LogP contribution in [0.15, 0.2) is 23.5 Å². The van der Waals surface area contributed by atoms with Gasteiger partial charge in [0.15, 0.2) is 0 Å². The summed E-state index contributed by atoms with van der Waals surface area (Å²) in [5.74, 6) is 0.713. The molecule has 3 rings (SSSR count). The van der Waals surface area contributed by atoms with Crippen LogP contribution in [0.2, 0.25) is 0 Å². The molecule has 0 amide bonds. The average Bonchev–Trinajstić information content (AvgIpc) is 2.60. The van der Waals surface area contributed by atoms with Crippen molar-refractivity contribution < 1.29 is 14.6 Å². The van der Waals surface area contributed by atoms with Gasteiger partial charge in [0.05, 0.1) is 5.92 Å². The van der Waals surface area contributed by atoms with E-state index in [0.717, 1.165) is 18.4 Å². The summed E-state index contributed by atoms with van der Waals surface area (Å²) in [6.07, 6.45) is 5.92. The summed E-state index contributed by atoms with van der Waals surface area (Å²) in [6.45, 7) is 6.13. The zero-order valence-electron chi connectivity index (χ0n) is 11.1. The highest BCUT2D eigenvalue weighted by molar-refractivity contribution is 5.75. The molecule has 0 bridgehead atoms. The standard InChI is InChI=1S/C15H20O3/c1-8-10-4-6-15(3)7-5-11(16)9(2)12(15)13(10)18-14(8)17/h5,7-8,10,12-13,16H,4,6H2,1-3H3. The molecule has 1 saturated heterocycles. The highest BCUT2D eigenvalue weighted by atomic mass is 16.6. The number of aliphatic hydroxyl groups excluding tert-OH is 1. The first-order chi connectivity index (χ1) is 8.44. The average molecular weight is 248 g/mol. The minimum absolute atomic E-state index is 0.000369. The number of ether oxygens (including phenoxy) is 1. The SMILES string of the molecule is CC1=C(O)C=CC2(C)CCC3C(C)C(=O)OC3C12. The normalized spacial score (nSPS) is 46.7. The number of hydrogen-bond donors (Lipinski definition) is 1. The van der Waals surface area contributed by atoms with Crippen LogP contribution in [0.1, 0.15) is 33.6 Å². The van der Waals surface area contributed by atoms with Crippen molar-refractivity contribution in [3.05, 3.63) is 23.5 Å². The van der Waals surface area contributed by atoms with Crippen LogP contribution in [0.5, 0.6) is 0 Å². The van der Waals surface area contributed by atoms with Crippen molar-refractivity contribution in [2.24, 2.45) is 23.2 Å². The molecule has 0 spiro atoms. The number of allylic oxidation sites excluding steroid dienone is 2. The molecule has 0 aromatic carbocycles. The molecule has 0 radical (unpaired) electrons. The summed E-state index contributed by atoms with van der Waals surface area (Å²) in [4.78, 5) is 11.8. The van der Waals surface area contributed by atoms with E-state index in [9.17, 15) is 9.90 Å². The van der Waals surface area contributed by atoms with Gasteiger partial charge in [-0.1, -0.05) is 19.9 Å². The van der Waals surface area contributed by atoms with Crippen LogP contribution < -0.4 is 0 Å². The fraction of sp³-hybridized carbons (Fsp3) is 0.667. The Morgan fingerprint density at radius 1 is 1.50 bits per heavy atom. The Labute approximate surface area is 108 Å². The quantitative estimate of drug-likeness (QED) is 0.670. The van der Waals surface area contributed by atoms with Gasteiger partial charge in [-0.15, -0.1) is 0 Å². The van der Waals surface area contributed by atoms with E-state index in [1.54, 1.807) is 6.08 Å². The monoisotopic (exact) mass is 248 g/mol. The molecule has 1 heterocycles. The fourth-order valence-corrected chi connectivity index (χ4v) is 4.01. The van der Waals surface area contributed by atoms with E-state index in [-0.39, 0.29) is 29.3 Å². The number of fused-ring (bicyclic) bond motifs is 3. The van der Waals surface area contributed by atoms with E-state index in [0.29, 0.717) is 11.7 Å². The van der Waals surface area contributed by atoms with Gasteiger partial charge in [0.1, 0.15) is 11.9 Å². The first-order valence-electron chi connectivity index (χ1n) is 6.73. The van der Waals surface area contributed by atoms with Gasteiger partial charge in [0, 0.05) is 11.8 Å². The maximum Gasteiger partial charge on any atom is 0.309 e. The number of hydrogen-bond acceptors (Lipinski definition) is 3. The number of aliphatic hydroxyl groups is 1. The Morgan fingerprint density at radius 3 is 2.94 bits per heavy atom. The topological polar surface area (TPSA) is 46.5 Å². The molecule has 3 nitrogen and oxygen atoms in total. The second kappa shape index (κ2) is 3.62. The van der Waals surface area contributed by atoms with Gasteiger partial charge in [-0.25, -0.2) is 0 Å². The summed E-state index contributed by atoms with van der Waals surface area (Å²) in [5.41, 5.74) is 0.985. The van der Waals surface area contributed by atoms with Crippen molar-refractivity contribution in [2.75, 3.05) is 0 Å². The molecule has 0 aromatic rings. The smallest absolute Gasteiger partial charge is 0.309 e. The van der Waals surface area contributed by atoms with Crippen LogP contribution in [0.4, 0.5) is 0 Å². The molecule has 5 atom stereocenters. The van der Waals surface area contributed by atoms with Gasteiger partial charge < -0.3 is 9.84 Å². The van der Waals surface area contributed by atoms with Crippen LogP contribution in [-0.4, -0.2) is 17.2 Å². The van der Waals surface area contributed by atoms with Crippen molar-refractivity contribution >= 4 is 5.97 Å². The third-order valence-electron chi connectivity index (χ3n) is 5.24. The Morgan fingerprint density at radius 2 is 2.22 bits per heavy atom. The van der Waals surface area contributed by atoms with E-state index < -0.39 is 0 Å². The summed E-state index contributed by atoms with van der Waals surface area (Å²) in [5, 5.41) is 9.94. The van der Waals surface area contributed by atoms with Crippen molar-refractivity contribution in [1.82, 2.24) is 0 Å². The predicted molar refractivity (Wildman–Crippen MR) is 67.8 cm³/mol. The van der Waals surface area contributed by atoms with E-state index in [1.165, 1.54) is 0 Å². The summed E-state index contributed by atoms with van der Waals surface area (Å²) >= 11 is 0. The minimum atomic E-state index is -0.0731. The first kappa shape index (κ1) is 11.8. The predicted octanol–water partition coefficient (Wildman–Crippen LogP) is 2.98. The van der Waals surface area contributed by atoms with Crippen LogP contribution >= 0.6 is 0 Å². The third kappa shape index (κ3) is 1.39. The summed E-state index contributed by atoms with van der Waals surface area (Å²) in [6, 6.07) is 0.